The van der Waals surface area contributed by atoms with E-state index in [4.69, 9.17) is 11.6 Å². The first-order valence-electron chi connectivity index (χ1n) is 4.72. The third-order valence-electron chi connectivity index (χ3n) is 1.73. The largest absolute Gasteiger partial charge is 0.419 e. The molecule has 0 bridgehead atoms. The Hall–Kier alpha value is -1.43. The Labute approximate surface area is 98.2 Å². The molecule has 0 unspecified atom stereocenters. The van der Waals surface area contributed by atoms with Crippen LogP contribution in [0, 0.1) is 27.1 Å². The fraction of sp³-hybridized carbons (Fsp3) is 0.556. The Morgan fingerprint density at radius 1 is 1.56 bits per heavy atom. The van der Waals surface area contributed by atoms with Crippen LogP contribution in [0.3, 0.4) is 0 Å². The van der Waals surface area contributed by atoms with Crippen molar-refractivity contribution < 1.29 is 16.5 Å². The molecule has 1 heterocycles. The third-order valence-corrected chi connectivity index (χ3v) is 1.93. The molecule has 1 aromatic heterocycles. The smallest absolute Gasteiger partial charge is 0.364 e. The first-order chi connectivity index (χ1) is 7.29. The van der Waals surface area contributed by atoms with Crippen LogP contribution in [0.4, 0.5) is 11.5 Å². The molecule has 0 aliphatic rings. The van der Waals surface area contributed by atoms with Crippen LogP contribution in [0.25, 0.3) is 0 Å². The first kappa shape index (κ1) is 12.6. The third kappa shape index (κ3) is 3.62. The van der Waals surface area contributed by atoms with E-state index in [1.807, 2.05) is 20.8 Å². The van der Waals surface area contributed by atoms with Crippen LogP contribution in [0.1, 0.15) is 20.8 Å². The molecule has 0 amide bonds. The van der Waals surface area contributed by atoms with Gasteiger partial charge in [-0.2, -0.15) is 4.98 Å². The number of hydrogen-bond acceptors (Lipinski definition) is 5. The molecule has 16 heavy (non-hydrogen) atoms. The lowest BCUT2D eigenvalue weighted by Crippen LogP contribution is -2.20. The quantitative estimate of drug-likeness (QED) is 0.496. The molecule has 0 aliphatic heterocycles. The molecule has 7 heteroatoms. The van der Waals surface area contributed by atoms with Crippen molar-refractivity contribution >= 4 is 11.5 Å². The summed E-state index contributed by atoms with van der Waals surface area (Å²) in [4.78, 5) is 17.7. The SMILES string of the molecule is CC(C)(C)CNc1nc([ClH+])ncc1[N+](=O)[O-]. The highest BCUT2D eigenvalue weighted by molar-refractivity contribution is 5.54. The second kappa shape index (κ2) is 4.61. The van der Waals surface area contributed by atoms with Crippen molar-refractivity contribution in [3.8, 4) is 0 Å². The molecular formula is C9H14ClN4O2+. The molecule has 0 fully saturated rings. The molecule has 1 N–H and O–H groups in total. The molecule has 0 aliphatic carbocycles. The highest BCUT2D eigenvalue weighted by Gasteiger charge is 2.20. The second-order valence-electron chi connectivity index (χ2n) is 4.56. The van der Waals surface area contributed by atoms with Crippen molar-refractivity contribution in [3.05, 3.63) is 21.6 Å². The van der Waals surface area contributed by atoms with E-state index in [1.165, 1.54) is 0 Å². The monoisotopic (exact) mass is 245 g/mol. The summed E-state index contributed by atoms with van der Waals surface area (Å²) >= 11 is 4.77. The van der Waals surface area contributed by atoms with Gasteiger partial charge in [-0.3, -0.25) is 10.1 Å². The van der Waals surface area contributed by atoms with E-state index < -0.39 is 4.92 Å². The van der Waals surface area contributed by atoms with Crippen LogP contribution in [-0.2, 0) is 0 Å². The molecule has 0 saturated carbocycles. The Morgan fingerprint density at radius 2 is 2.19 bits per heavy atom. The Kier molecular flexibility index (Phi) is 3.64. The van der Waals surface area contributed by atoms with Crippen LogP contribution < -0.4 is 5.32 Å². The summed E-state index contributed by atoms with van der Waals surface area (Å²) in [6, 6.07) is 0. The average molecular weight is 246 g/mol. The fourth-order valence-electron chi connectivity index (χ4n) is 0.972. The predicted molar refractivity (Wildman–Crippen MR) is 57.2 cm³/mol. The maximum Gasteiger partial charge on any atom is 0.419 e. The average Bonchev–Trinajstić information content (AvgIpc) is 2.13. The number of aromatic nitrogens is 2. The molecule has 0 spiro atoms. The van der Waals surface area contributed by atoms with Gasteiger partial charge < -0.3 is 5.32 Å². The van der Waals surface area contributed by atoms with Gasteiger partial charge >= 0.3 is 11.0 Å². The molecule has 6 nitrogen and oxygen atoms in total. The zero-order valence-corrected chi connectivity index (χ0v) is 10.2. The lowest BCUT2D eigenvalue weighted by Gasteiger charge is -2.18. The molecule has 0 radical (unpaired) electrons. The maximum atomic E-state index is 10.7. The van der Waals surface area contributed by atoms with E-state index in [-0.39, 0.29) is 22.2 Å². The Morgan fingerprint density at radius 3 is 2.69 bits per heavy atom. The van der Waals surface area contributed by atoms with Gasteiger partial charge in [-0.1, -0.05) is 20.8 Å². The van der Waals surface area contributed by atoms with Gasteiger partial charge in [0.15, 0.2) is 11.6 Å². The second-order valence-corrected chi connectivity index (χ2v) is 4.92. The Bertz CT molecular complexity index is 403. The molecule has 1 aromatic rings. The lowest BCUT2D eigenvalue weighted by atomic mass is 9.97. The van der Waals surface area contributed by atoms with Gasteiger partial charge in [0.1, 0.15) is 6.20 Å². The highest BCUT2D eigenvalue weighted by atomic mass is 35.5. The minimum atomic E-state index is -0.528. The van der Waals surface area contributed by atoms with Crippen LogP contribution in [0.15, 0.2) is 6.20 Å². The highest BCUT2D eigenvalue weighted by Crippen LogP contribution is 2.22. The maximum absolute atomic E-state index is 10.7. The van der Waals surface area contributed by atoms with Gasteiger partial charge in [0, 0.05) is 6.54 Å². The number of halogens is 1. The van der Waals surface area contributed by atoms with Gasteiger partial charge in [0.2, 0.25) is 5.82 Å². The Balaban J connectivity index is 2.93. The number of nitrogens with one attached hydrogen (secondary N) is 1. The minimum absolute atomic E-state index is 0.000434. The normalized spacial score (nSPS) is 11.2. The number of nitrogens with zero attached hydrogens (tertiary/aromatic N) is 3. The molecule has 1 rings (SSSR count). The van der Waals surface area contributed by atoms with Crippen molar-refractivity contribution in [2.45, 2.75) is 20.8 Å². The predicted octanol–water partition coefficient (Wildman–Crippen LogP) is 1.54. The minimum Gasteiger partial charge on any atom is -0.364 e. The van der Waals surface area contributed by atoms with Crippen molar-refractivity contribution in [2.75, 3.05) is 11.9 Å². The summed E-state index contributed by atoms with van der Waals surface area (Å²) < 4.78 is 0. The van der Waals surface area contributed by atoms with Gasteiger partial charge in [-0.25, -0.2) is 0 Å². The molecule has 0 aromatic carbocycles. The zero-order valence-electron chi connectivity index (χ0n) is 9.35. The van der Waals surface area contributed by atoms with Crippen molar-refractivity contribution in [3.63, 3.8) is 0 Å². The molecular weight excluding hydrogens is 232 g/mol. The molecule has 88 valence electrons. The standard InChI is InChI=1S/C9H14ClN4O2/c1-9(2,3)5-12-7-6(14(15)16)4-11-8(10)13-7/h4,10H,5H2,1-3H3,(H,11,12,13)/q+1. The summed E-state index contributed by atoms with van der Waals surface area (Å²) in [5.74, 6) is 0.180. The van der Waals surface area contributed by atoms with Crippen molar-refractivity contribution in [1.29, 1.82) is 0 Å². The van der Waals surface area contributed by atoms with E-state index in [1.54, 1.807) is 0 Å². The topological polar surface area (TPSA) is 81.0 Å². The molecule has 0 atom stereocenters. The van der Waals surface area contributed by atoms with E-state index in [0.29, 0.717) is 6.54 Å². The van der Waals surface area contributed by atoms with E-state index >= 15 is 0 Å². The van der Waals surface area contributed by atoms with Crippen LogP contribution in [0.5, 0.6) is 0 Å². The molecule has 0 saturated heterocycles. The van der Waals surface area contributed by atoms with E-state index in [9.17, 15) is 10.1 Å². The van der Waals surface area contributed by atoms with Crippen molar-refractivity contribution in [2.24, 2.45) is 5.41 Å². The summed E-state index contributed by atoms with van der Waals surface area (Å²) in [5.41, 5.74) is -0.154. The van der Waals surface area contributed by atoms with Crippen LogP contribution in [0.2, 0.25) is 5.28 Å². The van der Waals surface area contributed by atoms with Crippen molar-refractivity contribution in [1.82, 2.24) is 9.97 Å². The fourth-order valence-corrected chi connectivity index (χ4v) is 1.12. The van der Waals surface area contributed by atoms with Crippen LogP contribution in [-0.4, -0.2) is 21.4 Å². The van der Waals surface area contributed by atoms with Gasteiger partial charge in [-0.15, -0.1) is 4.98 Å². The van der Waals surface area contributed by atoms with E-state index in [2.05, 4.69) is 15.3 Å². The zero-order chi connectivity index (χ0) is 12.3. The number of hydrogen-bond donors (Lipinski definition) is 1. The van der Waals surface area contributed by atoms with E-state index in [0.717, 1.165) is 6.20 Å². The summed E-state index contributed by atoms with van der Waals surface area (Å²) in [6.07, 6.45) is 1.13. The summed E-state index contributed by atoms with van der Waals surface area (Å²) in [6.45, 7) is 6.62. The number of nitro groups is 1. The summed E-state index contributed by atoms with van der Waals surface area (Å²) in [5, 5.41) is 13.7. The van der Waals surface area contributed by atoms with Gasteiger partial charge in [0.05, 0.1) is 4.92 Å². The summed E-state index contributed by atoms with van der Waals surface area (Å²) in [7, 11) is 0. The number of anilines is 1. The first-order valence-corrected chi connectivity index (χ1v) is 5.13. The van der Waals surface area contributed by atoms with Crippen LogP contribution >= 0.6 is 0 Å². The van der Waals surface area contributed by atoms with Gasteiger partial charge in [0.25, 0.3) is 0 Å². The lowest BCUT2D eigenvalue weighted by molar-refractivity contribution is -0.385. The van der Waals surface area contributed by atoms with Gasteiger partial charge in [-0.05, 0) is 5.41 Å². The number of rotatable bonds is 3.